The maximum Gasteiger partial charge on any atom is 0.144 e. The topological polar surface area (TPSA) is 15.7 Å². The van der Waals surface area contributed by atoms with Gasteiger partial charge in [-0.15, -0.1) is 0 Å². The average molecular weight is 294 g/mol. The van der Waals surface area contributed by atoms with Gasteiger partial charge < -0.3 is 9.75 Å². The first-order valence-electron chi connectivity index (χ1n) is 7.66. The second-order valence-corrected chi connectivity index (χ2v) is 5.39. The van der Waals surface area contributed by atoms with Crippen LogP contribution in [0.5, 0.6) is 0 Å². The van der Waals surface area contributed by atoms with Gasteiger partial charge in [0.15, 0.2) is 0 Å². The van der Waals surface area contributed by atoms with Crippen molar-refractivity contribution in [3.63, 3.8) is 0 Å². The highest BCUT2D eigenvalue weighted by Gasteiger charge is 2.38. The van der Waals surface area contributed by atoms with Crippen LogP contribution in [0.2, 0.25) is 0 Å². The van der Waals surface area contributed by atoms with Gasteiger partial charge in [-0.2, -0.15) is 0 Å². The normalized spacial score (nSPS) is 18.9. The van der Waals surface area contributed by atoms with Crippen LogP contribution in [0.15, 0.2) is 66.4 Å². The van der Waals surface area contributed by atoms with E-state index >= 15 is 0 Å². The molecule has 0 amide bonds. The number of hydrazine groups is 1. The third kappa shape index (κ3) is 2.38. The van der Waals surface area contributed by atoms with Crippen LogP contribution < -0.4 is 0 Å². The lowest BCUT2D eigenvalue weighted by atomic mass is 10.0. The van der Waals surface area contributed by atoms with Gasteiger partial charge in [0.1, 0.15) is 11.8 Å². The van der Waals surface area contributed by atoms with Gasteiger partial charge in [0.2, 0.25) is 0 Å². The van der Waals surface area contributed by atoms with E-state index in [-0.39, 0.29) is 6.04 Å². The molecule has 0 saturated carbocycles. The minimum atomic E-state index is 0.112. The third-order valence-electron chi connectivity index (χ3n) is 4.18. The molecule has 2 aromatic rings. The van der Waals surface area contributed by atoms with Crippen molar-refractivity contribution in [2.75, 3.05) is 20.7 Å². The maximum absolute atomic E-state index is 5.84. The Balaban J connectivity index is 2.14. The molecule has 1 aliphatic rings. The Hall–Kier alpha value is -2.26. The number of nitrogens with zero attached hydrogens (tertiary/aromatic N) is 2. The molecule has 3 rings (SSSR count). The first-order chi connectivity index (χ1) is 10.8. The summed E-state index contributed by atoms with van der Waals surface area (Å²) in [6.07, 6.45) is 0. The molecule has 3 nitrogen and oxygen atoms in total. The van der Waals surface area contributed by atoms with Crippen molar-refractivity contribution in [1.29, 1.82) is 0 Å². The Bertz CT molecular complexity index is 652. The Morgan fingerprint density at radius 2 is 1.55 bits per heavy atom. The van der Waals surface area contributed by atoms with Crippen LogP contribution in [0.4, 0.5) is 0 Å². The van der Waals surface area contributed by atoms with E-state index in [0.717, 1.165) is 18.0 Å². The standard InChI is InChI=1S/C19H22N2O/c1-4-21-18(16-13-9-6-10-14-16)19(22-3)17(20(21)2)15-11-7-5-8-12-15/h5-14,17H,4H2,1-3H3. The fourth-order valence-corrected chi connectivity index (χ4v) is 3.20. The number of rotatable bonds is 4. The highest BCUT2D eigenvalue weighted by atomic mass is 16.5. The summed E-state index contributed by atoms with van der Waals surface area (Å²) < 4.78 is 5.84. The average Bonchev–Trinajstić information content (AvgIpc) is 2.88. The molecular weight excluding hydrogens is 272 g/mol. The summed E-state index contributed by atoms with van der Waals surface area (Å²) in [5.41, 5.74) is 3.58. The summed E-state index contributed by atoms with van der Waals surface area (Å²) in [5.74, 6) is 1.00. The molecule has 1 atom stereocenters. The van der Waals surface area contributed by atoms with Gasteiger partial charge in [-0.05, 0) is 12.5 Å². The summed E-state index contributed by atoms with van der Waals surface area (Å²) in [7, 11) is 3.89. The lowest BCUT2D eigenvalue weighted by Crippen LogP contribution is -2.35. The number of hydrogen-bond donors (Lipinski definition) is 0. The van der Waals surface area contributed by atoms with Gasteiger partial charge in [-0.3, -0.25) is 0 Å². The summed E-state index contributed by atoms with van der Waals surface area (Å²) in [6, 6.07) is 21.1. The molecule has 3 heteroatoms. The highest BCUT2D eigenvalue weighted by molar-refractivity contribution is 5.69. The van der Waals surface area contributed by atoms with E-state index in [2.05, 4.69) is 72.5 Å². The van der Waals surface area contributed by atoms with E-state index < -0.39 is 0 Å². The van der Waals surface area contributed by atoms with E-state index in [1.54, 1.807) is 7.11 Å². The molecule has 114 valence electrons. The van der Waals surface area contributed by atoms with Crippen molar-refractivity contribution >= 4 is 5.70 Å². The number of methoxy groups -OCH3 is 1. The lowest BCUT2D eigenvalue weighted by molar-refractivity contribution is 0.0480. The first-order valence-corrected chi connectivity index (χ1v) is 7.66. The Kier molecular flexibility index (Phi) is 4.16. The van der Waals surface area contributed by atoms with Gasteiger partial charge in [0, 0.05) is 19.2 Å². The molecule has 0 saturated heterocycles. The number of likely N-dealkylation sites (N-methyl/N-ethyl adjacent to an activating group) is 1. The molecule has 0 N–H and O–H groups in total. The van der Waals surface area contributed by atoms with Gasteiger partial charge in [0.05, 0.1) is 12.8 Å². The monoisotopic (exact) mass is 294 g/mol. The lowest BCUT2D eigenvalue weighted by Gasteiger charge is -2.31. The zero-order valence-corrected chi connectivity index (χ0v) is 13.4. The summed E-state index contributed by atoms with van der Waals surface area (Å²) >= 11 is 0. The molecule has 0 spiro atoms. The molecule has 0 aliphatic carbocycles. The van der Waals surface area contributed by atoms with Crippen LogP contribution in [-0.2, 0) is 4.74 Å². The first kappa shape index (κ1) is 14.7. The predicted molar refractivity (Wildman–Crippen MR) is 89.7 cm³/mol. The van der Waals surface area contributed by atoms with Crippen LogP contribution in [-0.4, -0.2) is 30.7 Å². The smallest absolute Gasteiger partial charge is 0.144 e. The molecule has 1 heterocycles. The highest BCUT2D eigenvalue weighted by Crippen LogP contribution is 2.43. The van der Waals surface area contributed by atoms with Crippen molar-refractivity contribution in [2.24, 2.45) is 0 Å². The Labute approximate surface area is 132 Å². The molecule has 0 bridgehead atoms. The largest absolute Gasteiger partial charge is 0.497 e. The molecular formula is C19H22N2O. The third-order valence-corrected chi connectivity index (χ3v) is 4.18. The summed E-state index contributed by atoms with van der Waals surface area (Å²) in [4.78, 5) is 0. The zero-order valence-electron chi connectivity index (χ0n) is 13.4. The Morgan fingerprint density at radius 1 is 0.955 bits per heavy atom. The molecule has 22 heavy (non-hydrogen) atoms. The van der Waals surface area contributed by atoms with Gasteiger partial charge in [-0.25, -0.2) is 5.01 Å². The second-order valence-electron chi connectivity index (χ2n) is 5.39. The van der Waals surface area contributed by atoms with E-state index in [1.807, 2.05) is 12.1 Å². The predicted octanol–water partition coefficient (Wildman–Crippen LogP) is 3.93. The van der Waals surface area contributed by atoms with Crippen LogP contribution >= 0.6 is 0 Å². The van der Waals surface area contributed by atoms with Crippen molar-refractivity contribution in [3.05, 3.63) is 77.5 Å². The van der Waals surface area contributed by atoms with Crippen LogP contribution in [0.3, 0.4) is 0 Å². The maximum atomic E-state index is 5.84. The van der Waals surface area contributed by atoms with Gasteiger partial charge in [-0.1, -0.05) is 60.7 Å². The van der Waals surface area contributed by atoms with Crippen LogP contribution in [0.25, 0.3) is 5.70 Å². The number of benzene rings is 2. The van der Waals surface area contributed by atoms with Crippen molar-refractivity contribution in [1.82, 2.24) is 10.0 Å². The minimum Gasteiger partial charge on any atom is -0.497 e. The SMILES string of the molecule is CCN1C(c2ccccc2)=C(OC)C(c2ccccc2)N1C. The van der Waals surface area contributed by atoms with Crippen molar-refractivity contribution in [2.45, 2.75) is 13.0 Å². The van der Waals surface area contributed by atoms with E-state index in [9.17, 15) is 0 Å². The summed E-state index contributed by atoms with van der Waals surface area (Å²) in [6.45, 7) is 3.07. The van der Waals surface area contributed by atoms with E-state index in [0.29, 0.717) is 0 Å². The van der Waals surface area contributed by atoms with Gasteiger partial charge in [0.25, 0.3) is 0 Å². The van der Waals surface area contributed by atoms with E-state index in [1.165, 1.54) is 11.1 Å². The second kappa shape index (κ2) is 6.24. The molecule has 2 aromatic carbocycles. The summed E-state index contributed by atoms with van der Waals surface area (Å²) in [5, 5.41) is 4.54. The molecule has 1 unspecified atom stereocenters. The number of ether oxygens (including phenoxy) is 1. The fraction of sp³-hybridized carbons (Fsp3) is 0.263. The quantitative estimate of drug-likeness (QED) is 0.850. The van der Waals surface area contributed by atoms with Gasteiger partial charge >= 0.3 is 0 Å². The minimum absolute atomic E-state index is 0.112. The molecule has 0 fully saturated rings. The van der Waals surface area contributed by atoms with Crippen LogP contribution in [0, 0.1) is 0 Å². The molecule has 0 radical (unpaired) electrons. The number of hydrogen-bond acceptors (Lipinski definition) is 3. The van der Waals surface area contributed by atoms with Crippen LogP contribution in [0.1, 0.15) is 24.1 Å². The zero-order chi connectivity index (χ0) is 15.5. The van der Waals surface area contributed by atoms with E-state index in [4.69, 9.17) is 4.74 Å². The van der Waals surface area contributed by atoms with Crippen molar-refractivity contribution in [3.8, 4) is 0 Å². The molecule has 0 aromatic heterocycles. The van der Waals surface area contributed by atoms with Crippen molar-refractivity contribution < 1.29 is 4.74 Å². The molecule has 1 aliphatic heterocycles. The fourth-order valence-electron chi connectivity index (χ4n) is 3.20. The Morgan fingerprint density at radius 3 is 2.09 bits per heavy atom.